The van der Waals surface area contributed by atoms with E-state index < -0.39 is 0 Å². The molecule has 2 heterocycles. The lowest BCUT2D eigenvalue weighted by atomic mass is 10.2. The summed E-state index contributed by atoms with van der Waals surface area (Å²) in [4.78, 5) is 6.95. The molecule has 3 nitrogen and oxygen atoms in total. The summed E-state index contributed by atoms with van der Waals surface area (Å²) in [5, 5.41) is 3.95. The van der Waals surface area contributed by atoms with Gasteiger partial charge in [-0.3, -0.25) is 4.90 Å². The van der Waals surface area contributed by atoms with Gasteiger partial charge in [-0.05, 0) is 37.1 Å². The Balaban J connectivity index is 1.75. The maximum Gasteiger partial charge on any atom is 0.137 e. The first-order valence-corrected chi connectivity index (χ1v) is 7.99. The van der Waals surface area contributed by atoms with Crippen LogP contribution in [0.4, 0.5) is 0 Å². The minimum Gasteiger partial charge on any atom is -0.495 e. The van der Waals surface area contributed by atoms with Gasteiger partial charge in [0.15, 0.2) is 0 Å². The Morgan fingerprint density at radius 2 is 2.40 bits per heavy atom. The number of methoxy groups -OCH3 is 1. The fraction of sp³-hybridized carbons (Fsp3) is 0.400. The van der Waals surface area contributed by atoms with Gasteiger partial charge in [0.1, 0.15) is 10.8 Å². The van der Waals surface area contributed by atoms with E-state index in [-0.39, 0.29) is 0 Å². The van der Waals surface area contributed by atoms with Crippen LogP contribution in [0.2, 0.25) is 5.02 Å². The molecule has 1 aromatic carbocycles. The quantitative estimate of drug-likeness (QED) is 0.848. The molecule has 0 aliphatic carbocycles. The summed E-state index contributed by atoms with van der Waals surface area (Å²) in [6, 6.07) is 6.47. The first-order valence-electron chi connectivity index (χ1n) is 6.74. The van der Waals surface area contributed by atoms with Crippen LogP contribution in [-0.2, 0) is 6.54 Å². The van der Waals surface area contributed by atoms with E-state index in [0.29, 0.717) is 11.1 Å². The molecule has 0 saturated carbocycles. The highest BCUT2D eigenvalue weighted by Gasteiger charge is 2.27. The predicted octanol–water partition coefficient (Wildman–Crippen LogP) is 4.14. The van der Waals surface area contributed by atoms with Gasteiger partial charge in [-0.1, -0.05) is 17.7 Å². The highest BCUT2D eigenvalue weighted by molar-refractivity contribution is 7.09. The number of hydrogen-bond acceptors (Lipinski definition) is 4. The highest BCUT2D eigenvalue weighted by atomic mass is 35.5. The zero-order chi connectivity index (χ0) is 13.9. The molecule has 1 saturated heterocycles. The van der Waals surface area contributed by atoms with E-state index >= 15 is 0 Å². The monoisotopic (exact) mass is 308 g/mol. The molecule has 0 unspecified atom stereocenters. The maximum atomic E-state index is 6.20. The Bertz CT molecular complexity index is 573. The van der Waals surface area contributed by atoms with E-state index in [9.17, 15) is 0 Å². The zero-order valence-electron chi connectivity index (χ0n) is 11.4. The standard InChI is InChI=1S/C15H17ClN2OS/c1-19-14-5-4-11(9-12(14)16)10-18-7-2-3-13(18)15-17-6-8-20-15/h4-6,8-9,13H,2-3,7,10H2,1H3/t13-/m0/s1. The number of aromatic nitrogens is 1. The largest absolute Gasteiger partial charge is 0.495 e. The number of benzene rings is 1. The van der Waals surface area contributed by atoms with Crippen LogP contribution in [0.1, 0.15) is 29.5 Å². The topological polar surface area (TPSA) is 25.4 Å². The first-order chi connectivity index (χ1) is 9.78. The van der Waals surface area contributed by atoms with Gasteiger partial charge in [-0.15, -0.1) is 11.3 Å². The van der Waals surface area contributed by atoms with Crippen molar-refractivity contribution in [1.82, 2.24) is 9.88 Å². The van der Waals surface area contributed by atoms with E-state index in [4.69, 9.17) is 16.3 Å². The second kappa shape index (κ2) is 6.12. The Kier molecular flexibility index (Phi) is 4.24. The Hall–Kier alpha value is -1.10. The summed E-state index contributed by atoms with van der Waals surface area (Å²) in [7, 11) is 1.64. The van der Waals surface area contributed by atoms with Crippen molar-refractivity contribution in [2.75, 3.05) is 13.7 Å². The molecule has 1 aliphatic heterocycles. The van der Waals surface area contributed by atoms with Gasteiger partial charge in [0.05, 0.1) is 18.2 Å². The van der Waals surface area contributed by atoms with Crippen LogP contribution in [-0.4, -0.2) is 23.5 Å². The molecule has 0 radical (unpaired) electrons. The molecule has 0 amide bonds. The average Bonchev–Trinajstić information content (AvgIpc) is 3.09. The van der Waals surface area contributed by atoms with E-state index in [0.717, 1.165) is 18.8 Å². The first kappa shape index (κ1) is 13.9. The summed E-state index contributed by atoms with van der Waals surface area (Å²) in [6.07, 6.45) is 4.31. The third kappa shape index (κ3) is 2.82. The SMILES string of the molecule is COc1ccc(CN2CCC[C@H]2c2nccs2)cc1Cl. The summed E-state index contributed by atoms with van der Waals surface area (Å²) in [5.41, 5.74) is 1.22. The molecule has 0 bridgehead atoms. The van der Waals surface area contributed by atoms with Gasteiger partial charge in [-0.25, -0.2) is 4.98 Å². The van der Waals surface area contributed by atoms with Crippen molar-refractivity contribution in [3.8, 4) is 5.75 Å². The van der Waals surface area contributed by atoms with Crippen molar-refractivity contribution in [2.24, 2.45) is 0 Å². The number of rotatable bonds is 4. The normalized spacial score (nSPS) is 19.4. The molecule has 0 N–H and O–H groups in total. The second-order valence-electron chi connectivity index (χ2n) is 4.97. The third-order valence-electron chi connectivity index (χ3n) is 3.70. The van der Waals surface area contributed by atoms with E-state index in [1.165, 1.54) is 23.4 Å². The van der Waals surface area contributed by atoms with Crippen molar-refractivity contribution >= 4 is 22.9 Å². The Morgan fingerprint density at radius 1 is 1.50 bits per heavy atom. The molecule has 1 aromatic heterocycles. The van der Waals surface area contributed by atoms with Crippen LogP contribution in [0.5, 0.6) is 5.75 Å². The van der Waals surface area contributed by atoms with Crippen molar-refractivity contribution in [3.05, 3.63) is 45.4 Å². The van der Waals surface area contributed by atoms with Gasteiger partial charge >= 0.3 is 0 Å². The fourth-order valence-corrected chi connectivity index (χ4v) is 3.82. The van der Waals surface area contributed by atoms with Crippen molar-refractivity contribution < 1.29 is 4.74 Å². The molecule has 1 aliphatic rings. The van der Waals surface area contributed by atoms with Crippen LogP contribution in [0.15, 0.2) is 29.8 Å². The van der Waals surface area contributed by atoms with Crippen LogP contribution < -0.4 is 4.74 Å². The summed E-state index contributed by atoms with van der Waals surface area (Å²) < 4.78 is 5.20. The van der Waals surface area contributed by atoms with Gasteiger partial charge < -0.3 is 4.74 Å². The van der Waals surface area contributed by atoms with Crippen LogP contribution in [0.25, 0.3) is 0 Å². The Morgan fingerprint density at radius 3 is 3.10 bits per heavy atom. The molecule has 20 heavy (non-hydrogen) atoms. The molecule has 1 atom stereocenters. The average molecular weight is 309 g/mol. The molecule has 1 fully saturated rings. The smallest absolute Gasteiger partial charge is 0.137 e. The van der Waals surface area contributed by atoms with Gasteiger partial charge in [0, 0.05) is 18.1 Å². The lowest BCUT2D eigenvalue weighted by molar-refractivity contribution is 0.248. The zero-order valence-corrected chi connectivity index (χ0v) is 13.0. The minimum atomic E-state index is 0.455. The molecule has 3 rings (SSSR count). The number of likely N-dealkylation sites (tertiary alicyclic amines) is 1. The lowest BCUT2D eigenvalue weighted by Crippen LogP contribution is -2.22. The molecule has 2 aromatic rings. The van der Waals surface area contributed by atoms with Crippen molar-refractivity contribution in [3.63, 3.8) is 0 Å². The minimum absolute atomic E-state index is 0.455. The summed E-state index contributed by atoms with van der Waals surface area (Å²) >= 11 is 7.94. The highest BCUT2D eigenvalue weighted by Crippen LogP contribution is 2.35. The van der Waals surface area contributed by atoms with Crippen LogP contribution in [0, 0.1) is 0 Å². The summed E-state index contributed by atoms with van der Waals surface area (Å²) in [5.74, 6) is 0.730. The van der Waals surface area contributed by atoms with E-state index in [1.54, 1.807) is 18.4 Å². The van der Waals surface area contributed by atoms with Crippen LogP contribution >= 0.6 is 22.9 Å². The van der Waals surface area contributed by atoms with Crippen molar-refractivity contribution in [1.29, 1.82) is 0 Å². The second-order valence-corrected chi connectivity index (χ2v) is 6.30. The van der Waals surface area contributed by atoms with Crippen LogP contribution in [0.3, 0.4) is 0 Å². The predicted molar refractivity (Wildman–Crippen MR) is 82.5 cm³/mol. The molecule has 106 valence electrons. The molecular weight excluding hydrogens is 292 g/mol. The van der Waals surface area contributed by atoms with Gasteiger partial charge in [0.2, 0.25) is 0 Å². The number of ether oxygens (including phenoxy) is 1. The molecular formula is C15H17ClN2OS. The fourth-order valence-electron chi connectivity index (χ4n) is 2.74. The van der Waals surface area contributed by atoms with Gasteiger partial charge in [-0.2, -0.15) is 0 Å². The summed E-state index contributed by atoms with van der Waals surface area (Å²) in [6.45, 7) is 2.03. The van der Waals surface area contributed by atoms with Gasteiger partial charge in [0.25, 0.3) is 0 Å². The van der Waals surface area contributed by atoms with E-state index in [2.05, 4.69) is 21.3 Å². The van der Waals surface area contributed by atoms with Crippen molar-refractivity contribution in [2.45, 2.75) is 25.4 Å². The Labute approximate surface area is 128 Å². The number of thiazole rings is 1. The van der Waals surface area contributed by atoms with E-state index in [1.807, 2.05) is 18.3 Å². The third-order valence-corrected chi connectivity index (χ3v) is 4.87. The number of halogens is 1. The number of hydrogen-bond donors (Lipinski definition) is 0. The maximum absolute atomic E-state index is 6.20. The molecule has 0 spiro atoms. The molecule has 5 heteroatoms. The lowest BCUT2D eigenvalue weighted by Gasteiger charge is -2.23. The number of nitrogens with zero attached hydrogens (tertiary/aromatic N) is 2.